The second-order valence-corrected chi connectivity index (χ2v) is 14.8. The highest BCUT2D eigenvalue weighted by Gasteiger charge is 2.47. The number of carbonyl (C=O) groups excluding carboxylic acids is 1. The van der Waals surface area contributed by atoms with Crippen LogP contribution in [-0.4, -0.2) is 51.7 Å². The van der Waals surface area contributed by atoms with E-state index < -0.39 is 20.5 Å². The van der Waals surface area contributed by atoms with E-state index in [4.69, 9.17) is 18.6 Å². The smallest absolute Gasteiger partial charge is 0.192 e. The first-order valence-corrected chi connectivity index (χ1v) is 14.2. The SMILES string of the molecule is CC(C)(C)[Si](C)(C)O[C@H]1CCCO[C@@H]1[C@H](OCc1ccccc1)[C@H]1OCCCC1=O. The molecular formula is C24H38O5Si. The van der Waals surface area contributed by atoms with Gasteiger partial charge in [-0.3, -0.25) is 4.79 Å². The predicted octanol–water partition coefficient (Wildman–Crippen LogP) is 4.89. The zero-order chi connectivity index (χ0) is 21.8. The van der Waals surface area contributed by atoms with Crippen LogP contribution < -0.4 is 0 Å². The van der Waals surface area contributed by atoms with E-state index in [-0.39, 0.29) is 23.0 Å². The first-order chi connectivity index (χ1) is 14.2. The summed E-state index contributed by atoms with van der Waals surface area (Å²) in [5.74, 6) is 0.111. The fourth-order valence-electron chi connectivity index (χ4n) is 3.85. The Bertz CT molecular complexity index is 685. The van der Waals surface area contributed by atoms with Crippen LogP contribution in [0.25, 0.3) is 0 Å². The zero-order valence-corrected chi connectivity index (χ0v) is 20.2. The van der Waals surface area contributed by atoms with Gasteiger partial charge < -0.3 is 18.6 Å². The summed E-state index contributed by atoms with van der Waals surface area (Å²) in [5, 5.41) is 0.104. The van der Waals surface area contributed by atoms with Crippen molar-refractivity contribution >= 4 is 14.1 Å². The van der Waals surface area contributed by atoms with E-state index in [1.807, 2.05) is 30.3 Å². The van der Waals surface area contributed by atoms with Crippen molar-refractivity contribution in [1.82, 2.24) is 0 Å². The molecule has 2 aliphatic rings. The van der Waals surface area contributed by atoms with Crippen molar-refractivity contribution in [2.75, 3.05) is 13.2 Å². The Morgan fingerprint density at radius 2 is 1.80 bits per heavy atom. The number of rotatable bonds is 7. The van der Waals surface area contributed by atoms with Crippen molar-refractivity contribution in [1.29, 1.82) is 0 Å². The molecule has 0 radical (unpaired) electrons. The van der Waals surface area contributed by atoms with Crippen LogP contribution in [0, 0.1) is 0 Å². The summed E-state index contributed by atoms with van der Waals surface area (Å²) in [4.78, 5) is 12.7. The molecule has 0 amide bonds. The van der Waals surface area contributed by atoms with Gasteiger partial charge in [0.1, 0.15) is 18.3 Å². The molecule has 0 spiro atoms. The Kier molecular flexibility index (Phi) is 7.90. The Labute approximate surface area is 182 Å². The van der Waals surface area contributed by atoms with Crippen LogP contribution in [-0.2, 0) is 30.0 Å². The van der Waals surface area contributed by atoms with Crippen molar-refractivity contribution in [3.05, 3.63) is 35.9 Å². The minimum Gasteiger partial charge on any atom is -0.411 e. The Morgan fingerprint density at radius 1 is 1.10 bits per heavy atom. The van der Waals surface area contributed by atoms with Gasteiger partial charge in [0.25, 0.3) is 0 Å². The molecular weight excluding hydrogens is 396 g/mol. The largest absolute Gasteiger partial charge is 0.411 e. The summed E-state index contributed by atoms with van der Waals surface area (Å²) in [6.07, 6.45) is 1.75. The maximum Gasteiger partial charge on any atom is 0.192 e. The normalized spacial score (nSPS) is 27.1. The molecule has 0 unspecified atom stereocenters. The van der Waals surface area contributed by atoms with E-state index in [1.165, 1.54) is 0 Å². The third kappa shape index (κ3) is 5.80. The van der Waals surface area contributed by atoms with Gasteiger partial charge in [-0.15, -0.1) is 0 Å². The molecule has 2 saturated heterocycles. The molecule has 4 atom stereocenters. The van der Waals surface area contributed by atoms with Crippen molar-refractivity contribution in [3.63, 3.8) is 0 Å². The van der Waals surface area contributed by atoms with E-state index in [1.54, 1.807) is 0 Å². The van der Waals surface area contributed by atoms with Crippen molar-refractivity contribution < 1.29 is 23.4 Å². The zero-order valence-electron chi connectivity index (χ0n) is 19.2. The minimum absolute atomic E-state index is 0.0845. The second kappa shape index (κ2) is 10.0. The number of hydrogen-bond donors (Lipinski definition) is 0. The van der Waals surface area contributed by atoms with Gasteiger partial charge in [-0.05, 0) is 43.0 Å². The number of ketones is 1. The standard InChI is InChI=1S/C24H38O5Si/c1-24(2,3)30(4,5)29-20-14-10-16-27-22(20)23(21-19(25)13-9-15-26-21)28-17-18-11-7-6-8-12-18/h6-8,11-12,20-23H,9-10,13-17H2,1-5H3/t20-,21-,22-,23+/m0/s1. The van der Waals surface area contributed by atoms with Crippen molar-refractivity contribution in [3.8, 4) is 0 Å². The molecule has 1 aromatic carbocycles. The molecule has 0 saturated carbocycles. The first-order valence-electron chi connectivity index (χ1n) is 11.3. The van der Waals surface area contributed by atoms with E-state index in [9.17, 15) is 4.79 Å². The Balaban J connectivity index is 1.82. The lowest BCUT2D eigenvalue weighted by Crippen LogP contribution is -2.57. The monoisotopic (exact) mass is 434 g/mol. The molecule has 5 nitrogen and oxygen atoms in total. The molecule has 0 aliphatic carbocycles. The number of benzene rings is 1. The van der Waals surface area contributed by atoms with Gasteiger partial charge in [-0.25, -0.2) is 0 Å². The summed E-state index contributed by atoms with van der Waals surface area (Å²) in [7, 11) is -1.99. The van der Waals surface area contributed by atoms with Crippen LogP contribution in [0.15, 0.2) is 30.3 Å². The fraction of sp³-hybridized carbons (Fsp3) is 0.708. The molecule has 3 rings (SSSR count). The molecule has 6 heteroatoms. The third-order valence-electron chi connectivity index (χ3n) is 6.65. The first kappa shape index (κ1) is 23.6. The minimum atomic E-state index is -1.99. The van der Waals surface area contributed by atoms with Crippen molar-refractivity contribution in [2.24, 2.45) is 0 Å². The number of hydrogen-bond acceptors (Lipinski definition) is 5. The van der Waals surface area contributed by atoms with E-state index in [0.29, 0.717) is 26.2 Å². The fourth-order valence-corrected chi connectivity index (χ4v) is 5.22. The third-order valence-corrected chi connectivity index (χ3v) is 11.2. The lowest BCUT2D eigenvalue weighted by Gasteiger charge is -2.45. The lowest BCUT2D eigenvalue weighted by atomic mass is 9.93. The van der Waals surface area contributed by atoms with Crippen LogP contribution >= 0.6 is 0 Å². The van der Waals surface area contributed by atoms with Crippen molar-refractivity contribution in [2.45, 2.75) is 95.6 Å². The highest BCUT2D eigenvalue weighted by Crippen LogP contribution is 2.39. The molecule has 30 heavy (non-hydrogen) atoms. The summed E-state index contributed by atoms with van der Waals surface area (Å²) in [6, 6.07) is 10.0. The molecule has 0 bridgehead atoms. The molecule has 2 fully saturated rings. The van der Waals surface area contributed by atoms with Gasteiger partial charge in [0, 0.05) is 19.6 Å². The molecule has 168 valence electrons. The highest BCUT2D eigenvalue weighted by molar-refractivity contribution is 6.74. The van der Waals surface area contributed by atoms with E-state index in [2.05, 4.69) is 33.9 Å². The van der Waals surface area contributed by atoms with E-state index in [0.717, 1.165) is 24.8 Å². The summed E-state index contributed by atoms with van der Waals surface area (Å²) in [6.45, 7) is 12.9. The van der Waals surface area contributed by atoms with Gasteiger partial charge >= 0.3 is 0 Å². The van der Waals surface area contributed by atoms with Crippen LogP contribution in [0.4, 0.5) is 0 Å². The maximum atomic E-state index is 12.7. The average Bonchev–Trinajstić information content (AvgIpc) is 2.70. The Morgan fingerprint density at radius 3 is 2.47 bits per heavy atom. The predicted molar refractivity (Wildman–Crippen MR) is 120 cm³/mol. The van der Waals surface area contributed by atoms with Crippen LogP contribution in [0.5, 0.6) is 0 Å². The molecule has 0 aromatic heterocycles. The van der Waals surface area contributed by atoms with Gasteiger partial charge in [0.05, 0.1) is 12.7 Å². The maximum absolute atomic E-state index is 12.7. The molecule has 2 heterocycles. The number of ether oxygens (including phenoxy) is 3. The molecule has 0 N–H and O–H groups in total. The Hall–Kier alpha value is -1.05. The molecule has 1 aromatic rings. The highest BCUT2D eigenvalue weighted by atomic mass is 28.4. The van der Waals surface area contributed by atoms with Crippen LogP contribution in [0.3, 0.4) is 0 Å². The van der Waals surface area contributed by atoms with Gasteiger partial charge in [-0.1, -0.05) is 51.1 Å². The van der Waals surface area contributed by atoms with Crippen LogP contribution in [0.2, 0.25) is 18.1 Å². The second-order valence-electron chi connectivity index (χ2n) is 10.0. The molecule has 2 aliphatic heterocycles. The average molecular weight is 435 g/mol. The van der Waals surface area contributed by atoms with Crippen LogP contribution in [0.1, 0.15) is 52.0 Å². The summed E-state index contributed by atoms with van der Waals surface area (Å²) < 4.78 is 25.3. The summed E-state index contributed by atoms with van der Waals surface area (Å²) in [5.41, 5.74) is 1.07. The van der Waals surface area contributed by atoms with Gasteiger partial charge in [-0.2, -0.15) is 0 Å². The lowest BCUT2D eigenvalue weighted by molar-refractivity contribution is -0.192. The summed E-state index contributed by atoms with van der Waals surface area (Å²) >= 11 is 0. The number of Topliss-reactive ketones (excluding diaryl/α,β-unsaturated/α-hetero) is 1. The quantitative estimate of drug-likeness (QED) is 0.572. The number of carbonyl (C=O) groups is 1. The van der Waals surface area contributed by atoms with Gasteiger partial charge in [0.15, 0.2) is 14.1 Å². The topological polar surface area (TPSA) is 54.0 Å². The van der Waals surface area contributed by atoms with Gasteiger partial charge in [0.2, 0.25) is 0 Å². The van der Waals surface area contributed by atoms with E-state index >= 15 is 0 Å².